The summed E-state index contributed by atoms with van der Waals surface area (Å²) in [5.74, 6) is 0.372. The Bertz CT molecular complexity index is 1130. The van der Waals surface area contributed by atoms with Gasteiger partial charge in [0.25, 0.3) is 0 Å². The quantitative estimate of drug-likeness (QED) is 0.584. The fourth-order valence-electron chi connectivity index (χ4n) is 3.40. The molecule has 3 aromatic carbocycles. The molecule has 1 heterocycles. The van der Waals surface area contributed by atoms with Gasteiger partial charge in [-0.15, -0.1) is 0 Å². The lowest BCUT2D eigenvalue weighted by molar-refractivity contribution is 0.0861. The number of imidazole rings is 1. The first kappa shape index (κ1) is 16.8. The fraction of sp³-hybridized carbons (Fsp3) is 0.0909. The number of nitrogens with two attached hydrogens (primary N) is 1. The van der Waals surface area contributed by atoms with Crippen LogP contribution in [0.1, 0.15) is 17.5 Å². The van der Waals surface area contributed by atoms with E-state index in [-0.39, 0.29) is 6.42 Å². The largest absolute Gasteiger partial charge is 0.379 e. The van der Waals surface area contributed by atoms with Gasteiger partial charge in [0.2, 0.25) is 5.95 Å². The SMILES string of the molecule is N#CCC(O)(c1ccccc1)c1ccc2nc(N)n(-c3ccccc3)c2c1. The Morgan fingerprint density at radius 3 is 2.30 bits per heavy atom. The highest BCUT2D eigenvalue weighted by molar-refractivity contribution is 5.82. The number of hydrogen-bond donors (Lipinski definition) is 2. The monoisotopic (exact) mass is 354 g/mol. The lowest BCUT2D eigenvalue weighted by atomic mass is 9.84. The van der Waals surface area contributed by atoms with Crippen LogP contribution < -0.4 is 5.73 Å². The minimum absolute atomic E-state index is 0.0581. The Morgan fingerprint density at radius 1 is 0.963 bits per heavy atom. The summed E-state index contributed by atoms with van der Waals surface area (Å²) in [6, 6.07) is 26.5. The standard InChI is InChI=1S/C22H18N4O/c23-14-13-22(27,16-7-3-1-4-8-16)17-11-12-19-20(15-17)26(21(24)25-19)18-9-5-2-6-10-18/h1-12,15,27H,13H2,(H2,24,25). The van der Waals surface area contributed by atoms with E-state index in [1.807, 2.05) is 77.4 Å². The molecule has 0 aliphatic heterocycles. The molecule has 132 valence electrons. The Kier molecular flexibility index (Phi) is 4.11. The van der Waals surface area contributed by atoms with Crippen molar-refractivity contribution in [2.75, 3.05) is 5.73 Å². The third kappa shape index (κ3) is 2.82. The molecule has 0 amide bonds. The van der Waals surface area contributed by atoms with E-state index in [4.69, 9.17) is 5.73 Å². The lowest BCUT2D eigenvalue weighted by Crippen LogP contribution is -2.26. The van der Waals surface area contributed by atoms with E-state index in [0.29, 0.717) is 17.1 Å². The number of anilines is 1. The molecule has 27 heavy (non-hydrogen) atoms. The molecule has 1 aromatic heterocycles. The second kappa shape index (κ2) is 6.60. The van der Waals surface area contributed by atoms with Crippen LogP contribution >= 0.6 is 0 Å². The van der Waals surface area contributed by atoms with Crippen LogP contribution in [0.3, 0.4) is 0 Å². The van der Waals surface area contributed by atoms with Crippen molar-refractivity contribution in [1.29, 1.82) is 5.26 Å². The molecule has 4 aromatic rings. The summed E-state index contributed by atoms with van der Waals surface area (Å²) in [5, 5.41) is 20.7. The van der Waals surface area contributed by atoms with Gasteiger partial charge in [-0.05, 0) is 35.4 Å². The van der Waals surface area contributed by atoms with Crippen molar-refractivity contribution in [3.63, 3.8) is 0 Å². The molecule has 0 spiro atoms. The normalized spacial score (nSPS) is 13.2. The highest BCUT2D eigenvalue weighted by Gasteiger charge is 2.32. The summed E-state index contributed by atoms with van der Waals surface area (Å²) in [4.78, 5) is 4.43. The minimum Gasteiger partial charge on any atom is -0.379 e. The summed E-state index contributed by atoms with van der Waals surface area (Å²) in [6.45, 7) is 0. The number of para-hydroxylation sites is 1. The predicted molar refractivity (Wildman–Crippen MR) is 105 cm³/mol. The average Bonchev–Trinajstić information content (AvgIpc) is 3.04. The minimum atomic E-state index is -1.41. The van der Waals surface area contributed by atoms with Gasteiger partial charge in [0.05, 0.1) is 23.5 Å². The van der Waals surface area contributed by atoms with E-state index in [1.165, 1.54) is 0 Å². The Labute approximate surface area is 156 Å². The van der Waals surface area contributed by atoms with Crippen molar-refractivity contribution in [1.82, 2.24) is 9.55 Å². The maximum Gasteiger partial charge on any atom is 0.205 e. The zero-order valence-electron chi connectivity index (χ0n) is 14.6. The number of fused-ring (bicyclic) bond motifs is 1. The maximum atomic E-state index is 11.4. The molecule has 5 nitrogen and oxygen atoms in total. The smallest absolute Gasteiger partial charge is 0.205 e. The van der Waals surface area contributed by atoms with Gasteiger partial charge in [-0.25, -0.2) is 4.98 Å². The molecule has 0 bridgehead atoms. The summed E-state index contributed by atoms with van der Waals surface area (Å²) >= 11 is 0. The number of hydrogen-bond acceptors (Lipinski definition) is 4. The van der Waals surface area contributed by atoms with Crippen molar-refractivity contribution in [3.8, 4) is 11.8 Å². The van der Waals surface area contributed by atoms with Crippen LogP contribution in [-0.2, 0) is 5.60 Å². The lowest BCUT2D eigenvalue weighted by Gasteiger charge is -2.27. The highest BCUT2D eigenvalue weighted by Crippen LogP contribution is 2.35. The van der Waals surface area contributed by atoms with Gasteiger partial charge in [-0.2, -0.15) is 5.26 Å². The summed E-state index contributed by atoms with van der Waals surface area (Å²) in [7, 11) is 0. The summed E-state index contributed by atoms with van der Waals surface area (Å²) in [5.41, 5.74) is 8.43. The summed E-state index contributed by atoms with van der Waals surface area (Å²) in [6.07, 6.45) is -0.0581. The number of nitrogen functional groups attached to an aromatic ring is 1. The molecular formula is C22H18N4O. The second-order valence-electron chi connectivity index (χ2n) is 6.41. The molecule has 0 saturated heterocycles. The van der Waals surface area contributed by atoms with Gasteiger partial charge < -0.3 is 10.8 Å². The second-order valence-corrected chi connectivity index (χ2v) is 6.41. The Balaban J connectivity index is 1.94. The number of nitriles is 1. The zero-order valence-corrected chi connectivity index (χ0v) is 14.6. The van der Waals surface area contributed by atoms with Crippen molar-refractivity contribution >= 4 is 17.0 Å². The van der Waals surface area contributed by atoms with Gasteiger partial charge in [0.15, 0.2) is 0 Å². The van der Waals surface area contributed by atoms with Crippen molar-refractivity contribution in [2.24, 2.45) is 0 Å². The van der Waals surface area contributed by atoms with Gasteiger partial charge in [0.1, 0.15) is 5.60 Å². The van der Waals surface area contributed by atoms with Crippen LogP contribution in [0.5, 0.6) is 0 Å². The van der Waals surface area contributed by atoms with Crippen LogP contribution in [0, 0.1) is 11.3 Å². The van der Waals surface area contributed by atoms with Crippen molar-refractivity contribution in [2.45, 2.75) is 12.0 Å². The molecule has 0 fully saturated rings. The molecule has 5 heteroatoms. The first-order valence-electron chi connectivity index (χ1n) is 8.62. The molecule has 1 atom stereocenters. The van der Waals surface area contributed by atoms with Gasteiger partial charge >= 0.3 is 0 Å². The third-order valence-electron chi connectivity index (χ3n) is 4.76. The Morgan fingerprint density at radius 2 is 1.63 bits per heavy atom. The Hall–Kier alpha value is -3.62. The molecule has 1 unspecified atom stereocenters. The van der Waals surface area contributed by atoms with Crippen LogP contribution in [-0.4, -0.2) is 14.7 Å². The van der Waals surface area contributed by atoms with E-state index < -0.39 is 5.60 Å². The average molecular weight is 354 g/mol. The van der Waals surface area contributed by atoms with E-state index in [0.717, 1.165) is 16.7 Å². The predicted octanol–water partition coefficient (Wildman–Crippen LogP) is 3.76. The number of nitrogens with zero attached hydrogens (tertiary/aromatic N) is 3. The molecule has 0 aliphatic rings. The van der Waals surface area contributed by atoms with E-state index >= 15 is 0 Å². The first-order valence-corrected chi connectivity index (χ1v) is 8.62. The van der Waals surface area contributed by atoms with Crippen molar-refractivity contribution < 1.29 is 5.11 Å². The molecule has 0 radical (unpaired) electrons. The van der Waals surface area contributed by atoms with Crippen LogP contribution in [0.2, 0.25) is 0 Å². The number of aromatic nitrogens is 2. The van der Waals surface area contributed by atoms with E-state index in [1.54, 1.807) is 6.07 Å². The van der Waals surface area contributed by atoms with Gasteiger partial charge in [-0.3, -0.25) is 4.57 Å². The third-order valence-corrected chi connectivity index (χ3v) is 4.76. The number of benzene rings is 3. The molecule has 3 N–H and O–H groups in total. The van der Waals surface area contributed by atoms with Crippen LogP contribution in [0.15, 0.2) is 78.9 Å². The summed E-state index contributed by atoms with van der Waals surface area (Å²) < 4.78 is 1.84. The fourth-order valence-corrected chi connectivity index (χ4v) is 3.40. The zero-order chi connectivity index (χ0) is 18.9. The van der Waals surface area contributed by atoms with E-state index in [2.05, 4.69) is 11.1 Å². The maximum absolute atomic E-state index is 11.4. The highest BCUT2D eigenvalue weighted by atomic mass is 16.3. The van der Waals surface area contributed by atoms with Crippen LogP contribution in [0.4, 0.5) is 5.95 Å². The van der Waals surface area contributed by atoms with E-state index in [9.17, 15) is 10.4 Å². The number of rotatable bonds is 4. The van der Waals surface area contributed by atoms with Gasteiger partial charge in [-0.1, -0.05) is 54.6 Å². The topological polar surface area (TPSA) is 87.9 Å². The van der Waals surface area contributed by atoms with Gasteiger partial charge in [0, 0.05) is 5.69 Å². The first-order chi connectivity index (χ1) is 13.1. The molecule has 4 rings (SSSR count). The van der Waals surface area contributed by atoms with Crippen molar-refractivity contribution in [3.05, 3.63) is 90.0 Å². The molecule has 0 saturated carbocycles. The molecular weight excluding hydrogens is 336 g/mol. The number of aliphatic hydroxyl groups is 1. The molecule has 0 aliphatic carbocycles. The van der Waals surface area contributed by atoms with Crippen LogP contribution in [0.25, 0.3) is 16.7 Å².